The van der Waals surface area contributed by atoms with E-state index in [-0.39, 0.29) is 11.8 Å². The standard InChI is InChI=1S/C20H22N2O2/c1-5-21(19(24)20(2,3)4)13-14-10-11-22-17(12-14)15-8-6-7-9-16(15)18(22)23/h6-13H,5H2,1-4H3. The molecule has 0 atom stereocenters. The zero-order valence-electron chi connectivity index (χ0n) is 14.5. The third-order valence-corrected chi connectivity index (χ3v) is 4.18. The van der Waals surface area contributed by atoms with Crippen molar-refractivity contribution in [3.63, 3.8) is 0 Å². The van der Waals surface area contributed by atoms with Crippen molar-refractivity contribution < 1.29 is 9.59 Å². The van der Waals surface area contributed by atoms with Crippen LogP contribution in [0, 0.1) is 5.41 Å². The van der Waals surface area contributed by atoms with E-state index in [1.165, 1.54) is 0 Å². The van der Waals surface area contributed by atoms with Crippen LogP contribution in [0.15, 0.2) is 54.4 Å². The van der Waals surface area contributed by atoms with Gasteiger partial charge >= 0.3 is 0 Å². The number of hydrogen-bond acceptors (Lipinski definition) is 2. The SMILES string of the molecule is CCN(C=C1C=CN2C(=O)c3ccccc3C2=C1)C(=O)C(C)(C)C. The van der Waals surface area contributed by atoms with Gasteiger partial charge in [0.15, 0.2) is 0 Å². The highest BCUT2D eigenvalue weighted by Gasteiger charge is 2.32. The van der Waals surface area contributed by atoms with Crippen molar-refractivity contribution in [1.29, 1.82) is 0 Å². The molecule has 0 aromatic heterocycles. The maximum absolute atomic E-state index is 12.5. The number of hydrogen-bond donors (Lipinski definition) is 0. The monoisotopic (exact) mass is 322 g/mol. The van der Waals surface area contributed by atoms with Gasteiger partial charge in [-0.1, -0.05) is 39.0 Å². The lowest BCUT2D eigenvalue weighted by Gasteiger charge is -2.26. The molecule has 0 bridgehead atoms. The third kappa shape index (κ3) is 2.68. The summed E-state index contributed by atoms with van der Waals surface area (Å²) in [5.41, 5.74) is 2.99. The van der Waals surface area contributed by atoms with Crippen LogP contribution in [0.4, 0.5) is 0 Å². The molecular weight excluding hydrogens is 300 g/mol. The van der Waals surface area contributed by atoms with Crippen LogP contribution in [0.5, 0.6) is 0 Å². The van der Waals surface area contributed by atoms with Crippen LogP contribution in [-0.2, 0) is 4.79 Å². The molecule has 1 aromatic rings. The lowest BCUT2D eigenvalue weighted by Crippen LogP contribution is -2.36. The normalized spacial score (nSPS) is 17.7. The highest BCUT2D eigenvalue weighted by molar-refractivity contribution is 6.10. The van der Waals surface area contributed by atoms with Gasteiger partial charge in [-0.15, -0.1) is 0 Å². The van der Waals surface area contributed by atoms with E-state index in [4.69, 9.17) is 0 Å². The average molecular weight is 322 g/mol. The Morgan fingerprint density at radius 1 is 1.21 bits per heavy atom. The van der Waals surface area contributed by atoms with Gasteiger partial charge in [0.05, 0.1) is 5.70 Å². The van der Waals surface area contributed by atoms with Crippen LogP contribution in [0.25, 0.3) is 5.70 Å². The van der Waals surface area contributed by atoms with Crippen molar-refractivity contribution in [2.45, 2.75) is 27.7 Å². The fourth-order valence-corrected chi connectivity index (χ4v) is 2.91. The van der Waals surface area contributed by atoms with Gasteiger partial charge in [0.25, 0.3) is 5.91 Å². The average Bonchev–Trinajstić information content (AvgIpc) is 2.84. The fraction of sp³-hybridized carbons (Fsp3) is 0.300. The Hall–Kier alpha value is -2.62. The molecule has 0 spiro atoms. The molecule has 4 heteroatoms. The number of carbonyl (C=O) groups excluding carboxylic acids is 2. The maximum atomic E-state index is 12.5. The van der Waals surface area contributed by atoms with Crippen molar-refractivity contribution >= 4 is 17.5 Å². The van der Waals surface area contributed by atoms with Crippen molar-refractivity contribution in [2.75, 3.05) is 6.54 Å². The summed E-state index contributed by atoms with van der Waals surface area (Å²) in [6.07, 6.45) is 7.47. The highest BCUT2D eigenvalue weighted by atomic mass is 16.2. The second-order valence-electron chi connectivity index (χ2n) is 7.04. The first-order valence-corrected chi connectivity index (χ1v) is 8.18. The van der Waals surface area contributed by atoms with Crippen molar-refractivity contribution in [3.05, 3.63) is 65.5 Å². The molecule has 4 nitrogen and oxygen atoms in total. The molecule has 0 saturated heterocycles. The summed E-state index contributed by atoms with van der Waals surface area (Å²) >= 11 is 0. The summed E-state index contributed by atoms with van der Waals surface area (Å²) in [5, 5.41) is 0. The zero-order valence-corrected chi connectivity index (χ0v) is 14.5. The number of carbonyl (C=O) groups is 2. The van der Waals surface area contributed by atoms with Gasteiger partial charge in [-0.2, -0.15) is 0 Å². The van der Waals surface area contributed by atoms with E-state index in [1.54, 1.807) is 16.0 Å². The number of rotatable bonds is 2. The molecule has 0 fully saturated rings. The van der Waals surface area contributed by atoms with Gasteiger partial charge in [0.2, 0.25) is 5.91 Å². The molecule has 2 aliphatic rings. The molecule has 0 N–H and O–H groups in total. The Balaban J connectivity index is 1.97. The van der Waals surface area contributed by atoms with Gasteiger partial charge < -0.3 is 4.90 Å². The third-order valence-electron chi connectivity index (χ3n) is 4.18. The van der Waals surface area contributed by atoms with E-state index in [1.807, 2.05) is 70.3 Å². The number of fused-ring (bicyclic) bond motifs is 3. The second-order valence-corrected chi connectivity index (χ2v) is 7.04. The minimum atomic E-state index is -0.430. The summed E-state index contributed by atoms with van der Waals surface area (Å²) in [7, 11) is 0. The highest BCUT2D eigenvalue weighted by Crippen LogP contribution is 2.36. The molecule has 3 rings (SSSR count). The predicted molar refractivity (Wildman–Crippen MR) is 94.7 cm³/mol. The van der Waals surface area contributed by atoms with E-state index >= 15 is 0 Å². The quantitative estimate of drug-likeness (QED) is 0.831. The lowest BCUT2D eigenvalue weighted by atomic mass is 9.94. The summed E-state index contributed by atoms with van der Waals surface area (Å²) in [5.74, 6) is 0.0693. The lowest BCUT2D eigenvalue weighted by molar-refractivity contribution is -0.136. The van der Waals surface area contributed by atoms with Gasteiger partial charge in [0.1, 0.15) is 0 Å². The Morgan fingerprint density at radius 2 is 1.88 bits per heavy atom. The minimum Gasteiger partial charge on any atom is -0.318 e. The smallest absolute Gasteiger partial charge is 0.263 e. The summed E-state index contributed by atoms with van der Waals surface area (Å²) in [6, 6.07) is 7.60. The van der Waals surface area contributed by atoms with Crippen molar-refractivity contribution in [3.8, 4) is 0 Å². The van der Waals surface area contributed by atoms with Gasteiger partial charge in [0, 0.05) is 35.5 Å². The van der Waals surface area contributed by atoms with Crippen molar-refractivity contribution in [2.24, 2.45) is 5.41 Å². The number of benzene rings is 1. The fourth-order valence-electron chi connectivity index (χ4n) is 2.91. The Kier molecular flexibility index (Phi) is 3.91. The van der Waals surface area contributed by atoms with Crippen LogP contribution >= 0.6 is 0 Å². The molecule has 0 unspecified atom stereocenters. The van der Waals surface area contributed by atoms with E-state index in [0.29, 0.717) is 12.1 Å². The van der Waals surface area contributed by atoms with Gasteiger partial charge in [-0.05, 0) is 30.7 Å². The minimum absolute atomic E-state index is 0.00901. The van der Waals surface area contributed by atoms with Gasteiger partial charge in [-0.3, -0.25) is 14.5 Å². The van der Waals surface area contributed by atoms with Crippen LogP contribution in [0.2, 0.25) is 0 Å². The van der Waals surface area contributed by atoms with Crippen LogP contribution in [0.1, 0.15) is 43.6 Å². The molecule has 2 amide bonds. The molecule has 2 heterocycles. The van der Waals surface area contributed by atoms with Crippen molar-refractivity contribution in [1.82, 2.24) is 9.80 Å². The number of allylic oxidation sites excluding steroid dienone is 3. The van der Waals surface area contributed by atoms with E-state index in [0.717, 1.165) is 16.8 Å². The Morgan fingerprint density at radius 3 is 2.50 bits per heavy atom. The van der Waals surface area contributed by atoms with Crippen LogP contribution in [-0.4, -0.2) is 28.2 Å². The molecule has 24 heavy (non-hydrogen) atoms. The predicted octanol–water partition coefficient (Wildman–Crippen LogP) is 3.79. The molecule has 0 radical (unpaired) electrons. The first kappa shape index (κ1) is 16.2. The maximum Gasteiger partial charge on any atom is 0.263 e. The molecule has 124 valence electrons. The number of amides is 2. The summed E-state index contributed by atoms with van der Waals surface area (Å²) in [6.45, 7) is 8.31. The molecular formula is C20H22N2O2. The van der Waals surface area contributed by atoms with E-state index < -0.39 is 5.41 Å². The van der Waals surface area contributed by atoms with E-state index in [9.17, 15) is 9.59 Å². The summed E-state index contributed by atoms with van der Waals surface area (Å²) < 4.78 is 0. The molecule has 2 aliphatic heterocycles. The second kappa shape index (κ2) is 5.78. The largest absolute Gasteiger partial charge is 0.318 e. The van der Waals surface area contributed by atoms with Crippen LogP contribution in [0.3, 0.4) is 0 Å². The number of nitrogens with zero attached hydrogens (tertiary/aromatic N) is 2. The first-order chi connectivity index (χ1) is 11.3. The zero-order chi connectivity index (χ0) is 17.5. The van der Waals surface area contributed by atoms with E-state index in [2.05, 4.69) is 0 Å². The Bertz CT molecular complexity index is 794. The molecule has 0 aliphatic carbocycles. The topological polar surface area (TPSA) is 40.6 Å². The van der Waals surface area contributed by atoms with Crippen LogP contribution < -0.4 is 0 Å². The van der Waals surface area contributed by atoms with Gasteiger partial charge in [-0.25, -0.2) is 0 Å². The summed E-state index contributed by atoms with van der Waals surface area (Å²) in [4.78, 5) is 28.3. The first-order valence-electron chi connectivity index (χ1n) is 8.18. The Labute approximate surface area is 142 Å². The molecule has 1 aromatic carbocycles. The molecule has 0 saturated carbocycles.